The van der Waals surface area contributed by atoms with Crippen molar-refractivity contribution in [1.29, 1.82) is 0 Å². The highest BCUT2D eigenvalue weighted by molar-refractivity contribution is 5.75. The molecule has 0 atom stereocenters. The molecule has 4 nitrogen and oxygen atoms in total. The number of anilines is 3. The van der Waals surface area contributed by atoms with E-state index in [1.807, 2.05) is 0 Å². The number of nitrogens with two attached hydrogens (primary N) is 3. The third-order valence-corrected chi connectivity index (χ3v) is 1.05. The van der Waals surface area contributed by atoms with Crippen LogP contribution >= 0.6 is 0 Å². The second-order valence-corrected chi connectivity index (χ2v) is 1.73. The van der Waals surface area contributed by atoms with E-state index in [2.05, 4.69) is 4.98 Å². The number of rotatable bonds is 0. The van der Waals surface area contributed by atoms with Gasteiger partial charge in [0.1, 0.15) is 0 Å². The first-order chi connectivity index (χ1) is 4.22. The smallest absolute Gasteiger partial charge is 0.0813 e. The fourth-order valence-corrected chi connectivity index (χ4v) is 0.504. The monoisotopic (exact) mass is 124 g/mol. The Hall–Kier alpha value is -1.45. The van der Waals surface area contributed by atoms with Crippen molar-refractivity contribution in [2.24, 2.45) is 0 Å². The van der Waals surface area contributed by atoms with Crippen molar-refractivity contribution in [2.45, 2.75) is 0 Å². The standard InChI is InChI=1S/C5H8N4/c6-3-1-9-2-4(7)5(3)8/h1-2H,6-7H2,(H2,8,9). The van der Waals surface area contributed by atoms with Crippen LogP contribution in [0.2, 0.25) is 0 Å². The summed E-state index contributed by atoms with van der Waals surface area (Å²) in [6.45, 7) is 0. The minimum atomic E-state index is 0.407. The summed E-state index contributed by atoms with van der Waals surface area (Å²) in [7, 11) is 0. The molecule has 0 aliphatic rings. The van der Waals surface area contributed by atoms with Gasteiger partial charge in [0.25, 0.3) is 0 Å². The predicted octanol–water partition coefficient (Wildman–Crippen LogP) is -0.172. The van der Waals surface area contributed by atoms with Crippen molar-refractivity contribution in [1.82, 2.24) is 4.98 Å². The summed E-state index contributed by atoms with van der Waals surface area (Å²) in [5, 5.41) is 0. The largest absolute Gasteiger partial charge is 0.396 e. The van der Waals surface area contributed by atoms with Crippen LogP contribution < -0.4 is 17.2 Å². The Bertz CT molecular complexity index is 200. The molecule has 0 aliphatic heterocycles. The molecule has 0 aliphatic carbocycles. The molecule has 0 aromatic carbocycles. The van der Waals surface area contributed by atoms with Gasteiger partial charge in [0, 0.05) is 0 Å². The zero-order valence-electron chi connectivity index (χ0n) is 4.83. The zero-order chi connectivity index (χ0) is 6.85. The van der Waals surface area contributed by atoms with Crippen LogP contribution in [0.4, 0.5) is 17.1 Å². The normalized spacial score (nSPS) is 9.33. The minimum absolute atomic E-state index is 0.407. The maximum atomic E-state index is 5.39. The summed E-state index contributed by atoms with van der Waals surface area (Å²) in [6.07, 6.45) is 2.93. The molecule has 1 aromatic rings. The van der Waals surface area contributed by atoms with Gasteiger partial charge in [-0.1, -0.05) is 0 Å². The highest BCUT2D eigenvalue weighted by Gasteiger charge is 1.95. The summed E-state index contributed by atoms with van der Waals surface area (Å²) in [4.78, 5) is 3.71. The zero-order valence-corrected chi connectivity index (χ0v) is 4.83. The molecule has 6 N–H and O–H groups in total. The van der Waals surface area contributed by atoms with E-state index >= 15 is 0 Å². The van der Waals surface area contributed by atoms with E-state index in [1.54, 1.807) is 0 Å². The Kier molecular flexibility index (Phi) is 1.14. The van der Waals surface area contributed by atoms with Crippen LogP contribution in [0.1, 0.15) is 0 Å². The van der Waals surface area contributed by atoms with Crippen LogP contribution in [0, 0.1) is 0 Å². The predicted molar refractivity (Wildman–Crippen MR) is 37.5 cm³/mol. The number of nitrogen functional groups attached to an aromatic ring is 3. The SMILES string of the molecule is Nc1cncc(N)c1N. The summed E-state index contributed by atoms with van der Waals surface area (Å²) >= 11 is 0. The molecule has 9 heavy (non-hydrogen) atoms. The number of hydrogen-bond donors (Lipinski definition) is 3. The van der Waals surface area contributed by atoms with Gasteiger partial charge in [-0.15, -0.1) is 0 Å². The van der Waals surface area contributed by atoms with Gasteiger partial charge in [0.2, 0.25) is 0 Å². The molecule has 0 saturated carbocycles. The average molecular weight is 124 g/mol. The first-order valence-electron chi connectivity index (χ1n) is 2.46. The average Bonchev–Trinajstić information content (AvgIpc) is 1.83. The van der Waals surface area contributed by atoms with E-state index in [1.165, 1.54) is 12.4 Å². The molecule has 1 heterocycles. The molecule has 0 fully saturated rings. The van der Waals surface area contributed by atoms with Crippen LogP contribution in [0.15, 0.2) is 12.4 Å². The molecule has 0 saturated heterocycles. The first-order valence-corrected chi connectivity index (χ1v) is 2.46. The third-order valence-electron chi connectivity index (χ3n) is 1.05. The van der Waals surface area contributed by atoms with Gasteiger partial charge in [-0.05, 0) is 0 Å². The molecular formula is C5H8N4. The Labute approximate surface area is 52.7 Å². The molecule has 0 radical (unpaired) electrons. The quantitative estimate of drug-likeness (QED) is 0.447. The highest BCUT2D eigenvalue weighted by atomic mass is 14.8. The van der Waals surface area contributed by atoms with Gasteiger partial charge in [0.05, 0.1) is 29.5 Å². The molecule has 4 heteroatoms. The van der Waals surface area contributed by atoms with Crippen molar-refractivity contribution < 1.29 is 0 Å². The maximum absolute atomic E-state index is 5.39. The topological polar surface area (TPSA) is 90.9 Å². The van der Waals surface area contributed by atoms with Crippen LogP contribution in [-0.4, -0.2) is 4.98 Å². The second kappa shape index (κ2) is 1.81. The number of pyridine rings is 1. The fourth-order valence-electron chi connectivity index (χ4n) is 0.504. The van der Waals surface area contributed by atoms with Crippen LogP contribution in [0.25, 0.3) is 0 Å². The van der Waals surface area contributed by atoms with Gasteiger partial charge < -0.3 is 17.2 Å². The lowest BCUT2D eigenvalue weighted by Gasteiger charge is -1.99. The molecule has 0 bridgehead atoms. The Morgan fingerprint density at radius 3 is 1.78 bits per heavy atom. The van der Waals surface area contributed by atoms with Crippen molar-refractivity contribution in [2.75, 3.05) is 17.2 Å². The molecular weight excluding hydrogens is 116 g/mol. The summed E-state index contributed by atoms with van der Waals surface area (Å²) in [5.74, 6) is 0. The third kappa shape index (κ3) is 0.861. The van der Waals surface area contributed by atoms with Crippen molar-refractivity contribution in [3.8, 4) is 0 Å². The summed E-state index contributed by atoms with van der Waals surface area (Å²) in [5.41, 5.74) is 17.4. The Morgan fingerprint density at radius 2 is 1.44 bits per heavy atom. The Morgan fingerprint density at radius 1 is 1.00 bits per heavy atom. The van der Waals surface area contributed by atoms with Crippen LogP contribution in [-0.2, 0) is 0 Å². The van der Waals surface area contributed by atoms with Crippen molar-refractivity contribution in [3.05, 3.63) is 12.4 Å². The van der Waals surface area contributed by atoms with Gasteiger partial charge in [-0.3, -0.25) is 4.98 Å². The second-order valence-electron chi connectivity index (χ2n) is 1.73. The van der Waals surface area contributed by atoms with Crippen molar-refractivity contribution in [3.63, 3.8) is 0 Å². The van der Waals surface area contributed by atoms with E-state index in [9.17, 15) is 0 Å². The molecule has 0 amide bonds. The maximum Gasteiger partial charge on any atom is 0.0813 e. The lowest BCUT2D eigenvalue weighted by Crippen LogP contribution is -2.00. The first kappa shape index (κ1) is 5.68. The van der Waals surface area contributed by atoms with E-state index in [0.29, 0.717) is 17.1 Å². The minimum Gasteiger partial charge on any atom is -0.396 e. The highest BCUT2D eigenvalue weighted by Crippen LogP contribution is 2.18. The fraction of sp³-hybridized carbons (Fsp3) is 0. The Balaban J connectivity index is 3.25. The number of hydrogen-bond acceptors (Lipinski definition) is 4. The van der Waals surface area contributed by atoms with Gasteiger partial charge in [-0.25, -0.2) is 0 Å². The number of nitrogens with zero attached hydrogens (tertiary/aromatic N) is 1. The van der Waals surface area contributed by atoms with Crippen molar-refractivity contribution >= 4 is 17.1 Å². The molecule has 0 spiro atoms. The van der Waals surface area contributed by atoms with Gasteiger partial charge >= 0.3 is 0 Å². The molecule has 1 aromatic heterocycles. The van der Waals surface area contributed by atoms with E-state index in [0.717, 1.165) is 0 Å². The van der Waals surface area contributed by atoms with Crippen LogP contribution in [0.5, 0.6) is 0 Å². The van der Waals surface area contributed by atoms with E-state index < -0.39 is 0 Å². The molecule has 0 unspecified atom stereocenters. The van der Waals surface area contributed by atoms with Gasteiger partial charge in [-0.2, -0.15) is 0 Å². The summed E-state index contributed by atoms with van der Waals surface area (Å²) in [6, 6.07) is 0. The van der Waals surface area contributed by atoms with E-state index in [4.69, 9.17) is 17.2 Å². The molecule has 1 rings (SSSR count). The van der Waals surface area contributed by atoms with E-state index in [-0.39, 0.29) is 0 Å². The summed E-state index contributed by atoms with van der Waals surface area (Å²) < 4.78 is 0. The van der Waals surface area contributed by atoms with Gasteiger partial charge in [0.15, 0.2) is 0 Å². The number of aromatic nitrogens is 1. The molecule has 48 valence electrons. The lowest BCUT2D eigenvalue weighted by atomic mass is 10.3. The lowest BCUT2D eigenvalue weighted by molar-refractivity contribution is 1.34. The van der Waals surface area contributed by atoms with Crippen LogP contribution in [0.3, 0.4) is 0 Å².